The summed E-state index contributed by atoms with van der Waals surface area (Å²) in [5.41, 5.74) is 0. The van der Waals surface area contributed by atoms with Crippen LogP contribution in [0.15, 0.2) is 0 Å². The molecule has 106 valence electrons. The standard InChI is InChI=1S/C15H29NO2/c1-2-13(9-12-7-8-12)16-10-14(17)11-18-15-5-3-4-6-15/h12-17H,2-11H2,1H3. The van der Waals surface area contributed by atoms with E-state index in [1.165, 1.54) is 44.9 Å². The predicted octanol–water partition coefficient (Wildman–Crippen LogP) is 2.47. The predicted molar refractivity (Wildman–Crippen MR) is 73.6 cm³/mol. The minimum atomic E-state index is -0.348. The summed E-state index contributed by atoms with van der Waals surface area (Å²) in [6.07, 6.45) is 10.3. The van der Waals surface area contributed by atoms with Gasteiger partial charge in [0.15, 0.2) is 0 Å². The Morgan fingerprint density at radius 3 is 2.56 bits per heavy atom. The van der Waals surface area contributed by atoms with Gasteiger partial charge < -0.3 is 15.2 Å². The fraction of sp³-hybridized carbons (Fsp3) is 1.00. The van der Waals surface area contributed by atoms with E-state index in [0.29, 0.717) is 25.3 Å². The summed E-state index contributed by atoms with van der Waals surface area (Å²) >= 11 is 0. The molecule has 2 atom stereocenters. The Balaban J connectivity index is 1.53. The molecule has 2 saturated carbocycles. The Hall–Kier alpha value is -0.120. The average Bonchev–Trinajstić information content (AvgIpc) is 3.04. The Morgan fingerprint density at radius 1 is 1.22 bits per heavy atom. The second kappa shape index (κ2) is 7.46. The zero-order valence-electron chi connectivity index (χ0n) is 11.7. The van der Waals surface area contributed by atoms with Gasteiger partial charge in [-0.25, -0.2) is 0 Å². The zero-order chi connectivity index (χ0) is 12.8. The van der Waals surface area contributed by atoms with Gasteiger partial charge in [0.2, 0.25) is 0 Å². The monoisotopic (exact) mass is 255 g/mol. The molecule has 0 heterocycles. The van der Waals surface area contributed by atoms with E-state index in [2.05, 4.69) is 12.2 Å². The lowest BCUT2D eigenvalue weighted by atomic mass is 10.1. The molecule has 0 aromatic carbocycles. The number of nitrogens with one attached hydrogen (secondary N) is 1. The van der Waals surface area contributed by atoms with Crippen molar-refractivity contribution in [1.82, 2.24) is 5.32 Å². The molecule has 18 heavy (non-hydrogen) atoms. The van der Waals surface area contributed by atoms with Crippen LogP contribution in [0.3, 0.4) is 0 Å². The number of hydrogen-bond acceptors (Lipinski definition) is 3. The summed E-state index contributed by atoms with van der Waals surface area (Å²) in [4.78, 5) is 0. The Labute approximate surface area is 111 Å². The van der Waals surface area contributed by atoms with Crippen molar-refractivity contribution in [2.75, 3.05) is 13.2 Å². The van der Waals surface area contributed by atoms with E-state index in [1.54, 1.807) is 0 Å². The molecule has 0 spiro atoms. The highest BCUT2D eigenvalue weighted by Gasteiger charge is 2.25. The first-order chi connectivity index (χ1) is 8.78. The van der Waals surface area contributed by atoms with E-state index in [9.17, 15) is 5.11 Å². The van der Waals surface area contributed by atoms with Crippen LogP contribution < -0.4 is 5.32 Å². The van der Waals surface area contributed by atoms with Crippen LogP contribution in [0.25, 0.3) is 0 Å². The van der Waals surface area contributed by atoms with Crippen LogP contribution in [0.4, 0.5) is 0 Å². The van der Waals surface area contributed by atoms with E-state index in [-0.39, 0.29) is 6.10 Å². The van der Waals surface area contributed by atoms with Gasteiger partial charge in [0.25, 0.3) is 0 Å². The summed E-state index contributed by atoms with van der Waals surface area (Å²) in [7, 11) is 0. The maximum absolute atomic E-state index is 9.92. The minimum Gasteiger partial charge on any atom is -0.389 e. The highest BCUT2D eigenvalue weighted by molar-refractivity contribution is 4.80. The van der Waals surface area contributed by atoms with Gasteiger partial charge in [-0.15, -0.1) is 0 Å². The Morgan fingerprint density at radius 2 is 1.94 bits per heavy atom. The summed E-state index contributed by atoms with van der Waals surface area (Å²) in [6, 6.07) is 0.582. The zero-order valence-corrected chi connectivity index (χ0v) is 11.7. The lowest BCUT2D eigenvalue weighted by molar-refractivity contribution is -0.00639. The Kier molecular flexibility index (Phi) is 5.93. The molecule has 2 unspecified atom stereocenters. The highest BCUT2D eigenvalue weighted by Crippen LogP contribution is 2.34. The third kappa shape index (κ3) is 5.25. The molecule has 0 radical (unpaired) electrons. The largest absolute Gasteiger partial charge is 0.389 e. The number of aliphatic hydroxyl groups excluding tert-OH is 1. The van der Waals surface area contributed by atoms with Gasteiger partial charge in [-0.05, 0) is 31.6 Å². The maximum atomic E-state index is 9.92. The molecule has 2 aliphatic carbocycles. The molecular formula is C15H29NO2. The summed E-state index contributed by atoms with van der Waals surface area (Å²) in [5, 5.41) is 13.4. The van der Waals surface area contributed by atoms with E-state index in [4.69, 9.17) is 4.74 Å². The van der Waals surface area contributed by atoms with E-state index in [0.717, 1.165) is 12.3 Å². The van der Waals surface area contributed by atoms with Gasteiger partial charge in [-0.2, -0.15) is 0 Å². The van der Waals surface area contributed by atoms with Crippen molar-refractivity contribution in [2.24, 2.45) is 5.92 Å². The SMILES string of the molecule is CCC(CC1CC1)NCC(O)COC1CCCC1. The molecule has 0 aromatic rings. The second-order valence-electron chi connectivity index (χ2n) is 6.09. The number of ether oxygens (including phenoxy) is 1. The maximum Gasteiger partial charge on any atom is 0.0897 e. The molecule has 0 bridgehead atoms. The van der Waals surface area contributed by atoms with Crippen LogP contribution in [-0.2, 0) is 4.74 Å². The summed E-state index contributed by atoms with van der Waals surface area (Å²) < 4.78 is 5.73. The van der Waals surface area contributed by atoms with Crippen molar-refractivity contribution in [1.29, 1.82) is 0 Å². The van der Waals surface area contributed by atoms with Crippen molar-refractivity contribution in [3.05, 3.63) is 0 Å². The van der Waals surface area contributed by atoms with Crippen LogP contribution in [0, 0.1) is 5.92 Å². The molecular weight excluding hydrogens is 226 g/mol. The second-order valence-corrected chi connectivity index (χ2v) is 6.09. The van der Waals surface area contributed by atoms with Gasteiger partial charge in [-0.3, -0.25) is 0 Å². The molecule has 3 nitrogen and oxygen atoms in total. The molecule has 2 aliphatic rings. The summed E-state index contributed by atoms with van der Waals surface area (Å²) in [6.45, 7) is 3.40. The third-order valence-corrected chi connectivity index (χ3v) is 4.28. The quantitative estimate of drug-likeness (QED) is 0.665. The van der Waals surface area contributed by atoms with Crippen LogP contribution in [-0.4, -0.2) is 36.5 Å². The normalized spacial score (nSPS) is 24.3. The number of hydrogen-bond donors (Lipinski definition) is 2. The highest BCUT2D eigenvalue weighted by atomic mass is 16.5. The lowest BCUT2D eigenvalue weighted by Gasteiger charge is -2.20. The first-order valence-electron chi connectivity index (χ1n) is 7.81. The van der Waals surface area contributed by atoms with Crippen LogP contribution in [0.2, 0.25) is 0 Å². The van der Waals surface area contributed by atoms with Crippen molar-refractivity contribution < 1.29 is 9.84 Å². The molecule has 0 amide bonds. The molecule has 2 N–H and O–H groups in total. The lowest BCUT2D eigenvalue weighted by Crippen LogP contribution is -2.38. The van der Waals surface area contributed by atoms with Gasteiger partial charge in [0.05, 0.1) is 18.8 Å². The van der Waals surface area contributed by atoms with Gasteiger partial charge in [0.1, 0.15) is 0 Å². The molecule has 0 aliphatic heterocycles. The van der Waals surface area contributed by atoms with Crippen molar-refractivity contribution in [3.63, 3.8) is 0 Å². The molecule has 0 saturated heterocycles. The topological polar surface area (TPSA) is 41.5 Å². The van der Waals surface area contributed by atoms with E-state index >= 15 is 0 Å². The van der Waals surface area contributed by atoms with Crippen molar-refractivity contribution in [2.45, 2.75) is 76.5 Å². The van der Waals surface area contributed by atoms with Crippen molar-refractivity contribution in [3.8, 4) is 0 Å². The van der Waals surface area contributed by atoms with Crippen molar-refractivity contribution >= 4 is 0 Å². The van der Waals surface area contributed by atoms with Crippen LogP contribution in [0.1, 0.15) is 58.3 Å². The van der Waals surface area contributed by atoms with Crippen LogP contribution in [0.5, 0.6) is 0 Å². The first-order valence-corrected chi connectivity index (χ1v) is 7.81. The molecule has 3 heteroatoms. The first kappa shape index (κ1) is 14.3. The van der Waals surface area contributed by atoms with Gasteiger partial charge in [-0.1, -0.05) is 32.6 Å². The Bertz CT molecular complexity index is 225. The molecule has 2 fully saturated rings. The fourth-order valence-corrected chi connectivity index (χ4v) is 2.81. The molecule has 2 rings (SSSR count). The summed E-state index contributed by atoms with van der Waals surface area (Å²) in [5.74, 6) is 0.953. The number of aliphatic hydroxyl groups is 1. The third-order valence-electron chi connectivity index (χ3n) is 4.28. The average molecular weight is 255 g/mol. The van der Waals surface area contributed by atoms with Crippen LogP contribution >= 0.6 is 0 Å². The molecule has 0 aromatic heterocycles. The fourth-order valence-electron chi connectivity index (χ4n) is 2.81. The number of rotatable bonds is 9. The van der Waals surface area contributed by atoms with E-state index in [1.807, 2.05) is 0 Å². The minimum absolute atomic E-state index is 0.348. The smallest absolute Gasteiger partial charge is 0.0897 e. The van der Waals surface area contributed by atoms with E-state index < -0.39 is 0 Å². The van der Waals surface area contributed by atoms with Gasteiger partial charge in [0, 0.05) is 12.6 Å². The van der Waals surface area contributed by atoms with Gasteiger partial charge >= 0.3 is 0 Å².